The zero-order valence-corrected chi connectivity index (χ0v) is 10.6. The van der Waals surface area contributed by atoms with Crippen LogP contribution in [0.3, 0.4) is 0 Å². The van der Waals surface area contributed by atoms with Gasteiger partial charge in [-0.3, -0.25) is 10.1 Å². The first-order valence-corrected chi connectivity index (χ1v) is 5.39. The average Bonchev–Trinajstić information content (AvgIpc) is 2.28. The van der Waals surface area contributed by atoms with Gasteiger partial charge in [0, 0.05) is 13.1 Å². The van der Waals surface area contributed by atoms with E-state index in [9.17, 15) is 15.2 Å². The summed E-state index contributed by atoms with van der Waals surface area (Å²) < 4.78 is 0. The van der Waals surface area contributed by atoms with Gasteiger partial charge in [-0.15, -0.1) is 0 Å². The van der Waals surface area contributed by atoms with Crippen molar-refractivity contribution in [1.82, 2.24) is 0 Å². The highest BCUT2D eigenvalue weighted by Crippen LogP contribution is 2.32. The number of benzene rings is 1. The number of aliphatic hydroxyl groups is 1. The van der Waals surface area contributed by atoms with Crippen LogP contribution in [0.5, 0.6) is 0 Å². The number of nitrogens with zero attached hydrogens (tertiary/aromatic N) is 2. The predicted octanol–water partition coefficient (Wildman–Crippen LogP) is 2.11. The minimum atomic E-state index is -0.542. The smallest absolute Gasteiger partial charge is 0.292 e. The van der Waals surface area contributed by atoms with E-state index < -0.39 is 10.5 Å². The minimum Gasteiger partial charge on any atom is -0.394 e. The van der Waals surface area contributed by atoms with Gasteiger partial charge in [0.25, 0.3) is 5.69 Å². The number of nitro benzene ring substituents is 1. The van der Waals surface area contributed by atoms with Gasteiger partial charge in [-0.05, 0) is 32.4 Å². The first-order valence-electron chi connectivity index (χ1n) is 5.39. The Labute approximate surface area is 101 Å². The zero-order chi connectivity index (χ0) is 13.2. The summed E-state index contributed by atoms with van der Waals surface area (Å²) in [6.45, 7) is 5.40. The maximum absolute atomic E-state index is 11.0. The van der Waals surface area contributed by atoms with Gasteiger partial charge in [-0.25, -0.2) is 0 Å². The molecule has 0 aliphatic carbocycles. The van der Waals surface area contributed by atoms with Crippen LogP contribution < -0.4 is 4.90 Å². The first kappa shape index (κ1) is 13.4. The standard InChI is InChI=1S/C12H18N2O3/c1-9-5-6-10(11(7-9)14(16)17)13(4)12(2,3)8-15/h5-7,15H,8H2,1-4H3. The molecule has 1 aromatic carbocycles. The topological polar surface area (TPSA) is 66.6 Å². The molecule has 1 aromatic rings. The average molecular weight is 238 g/mol. The molecule has 1 N–H and O–H groups in total. The third-order valence-corrected chi connectivity index (χ3v) is 2.98. The minimum absolute atomic E-state index is 0.0639. The molecule has 0 aliphatic rings. The van der Waals surface area contributed by atoms with Crippen LogP contribution in [-0.2, 0) is 0 Å². The Balaban J connectivity index is 3.26. The van der Waals surface area contributed by atoms with Crippen LogP contribution in [0.25, 0.3) is 0 Å². The van der Waals surface area contributed by atoms with Crippen LogP contribution in [0.2, 0.25) is 0 Å². The molecule has 0 aliphatic heterocycles. The van der Waals surface area contributed by atoms with E-state index in [2.05, 4.69) is 0 Å². The predicted molar refractivity (Wildman–Crippen MR) is 67.4 cm³/mol. The van der Waals surface area contributed by atoms with E-state index in [1.165, 1.54) is 0 Å². The first-order chi connectivity index (χ1) is 7.79. The van der Waals surface area contributed by atoms with Crippen molar-refractivity contribution < 1.29 is 10.0 Å². The summed E-state index contributed by atoms with van der Waals surface area (Å²) >= 11 is 0. The van der Waals surface area contributed by atoms with E-state index >= 15 is 0 Å². The van der Waals surface area contributed by atoms with Crippen molar-refractivity contribution in [1.29, 1.82) is 0 Å². The van der Waals surface area contributed by atoms with Crippen molar-refractivity contribution in [2.24, 2.45) is 0 Å². The Morgan fingerprint density at radius 2 is 2.06 bits per heavy atom. The Bertz CT molecular complexity index is 430. The lowest BCUT2D eigenvalue weighted by Gasteiger charge is -2.35. The van der Waals surface area contributed by atoms with Crippen molar-refractivity contribution in [3.05, 3.63) is 33.9 Å². The van der Waals surface area contributed by atoms with E-state index in [1.807, 2.05) is 26.8 Å². The second-order valence-electron chi connectivity index (χ2n) is 4.78. The van der Waals surface area contributed by atoms with Gasteiger partial charge >= 0.3 is 0 Å². The fourth-order valence-electron chi connectivity index (χ4n) is 1.50. The van der Waals surface area contributed by atoms with Crippen LogP contribution in [0.4, 0.5) is 11.4 Å². The third kappa shape index (κ3) is 2.74. The zero-order valence-electron chi connectivity index (χ0n) is 10.6. The number of aliphatic hydroxyl groups excluding tert-OH is 1. The van der Waals surface area contributed by atoms with Gasteiger partial charge in [0.15, 0.2) is 0 Å². The SMILES string of the molecule is Cc1ccc(N(C)C(C)(C)CO)c([N+](=O)[O-])c1. The Hall–Kier alpha value is -1.62. The van der Waals surface area contributed by atoms with Crippen molar-refractivity contribution in [3.63, 3.8) is 0 Å². The second kappa shape index (κ2) is 4.71. The summed E-state index contributed by atoms with van der Waals surface area (Å²) in [5.74, 6) is 0. The number of anilines is 1. The lowest BCUT2D eigenvalue weighted by molar-refractivity contribution is -0.384. The molecular weight excluding hydrogens is 220 g/mol. The van der Waals surface area contributed by atoms with E-state index in [1.54, 1.807) is 24.1 Å². The maximum atomic E-state index is 11.0. The molecule has 5 nitrogen and oxygen atoms in total. The van der Waals surface area contributed by atoms with Gasteiger partial charge in [0.05, 0.1) is 17.1 Å². The summed E-state index contributed by atoms with van der Waals surface area (Å²) in [6, 6.07) is 5.08. The van der Waals surface area contributed by atoms with Crippen LogP contribution in [0.15, 0.2) is 18.2 Å². The molecule has 0 radical (unpaired) electrons. The van der Waals surface area contributed by atoms with Gasteiger partial charge < -0.3 is 10.0 Å². The normalized spacial score (nSPS) is 11.4. The van der Waals surface area contributed by atoms with Crippen molar-refractivity contribution in [3.8, 4) is 0 Å². The van der Waals surface area contributed by atoms with E-state index in [0.29, 0.717) is 5.69 Å². The van der Waals surface area contributed by atoms with Crippen LogP contribution in [0, 0.1) is 17.0 Å². The number of hydrogen-bond acceptors (Lipinski definition) is 4. The summed E-state index contributed by atoms with van der Waals surface area (Å²) in [6.07, 6.45) is 0. The Morgan fingerprint density at radius 3 is 2.53 bits per heavy atom. The van der Waals surface area contributed by atoms with Gasteiger partial charge in [0.1, 0.15) is 5.69 Å². The molecule has 0 bridgehead atoms. The number of rotatable bonds is 4. The lowest BCUT2D eigenvalue weighted by Crippen LogP contribution is -2.44. The molecule has 0 amide bonds. The van der Waals surface area contributed by atoms with Crippen LogP contribution >= 0.6 is 0 Å². The van der Waals surface area contributed by atoms with Gasteiger partial charge in [-0.2, -0.15) is 0 Å². The van der Waals surface area contributed by atoms with Gasteiger partial charge in [0.2, 0.25) is 0 Å². The molecule has 17 heavy (non-hydrogen) atoms. The molecule has 0 saturated carbocycles. The maximum Gasteiger partial charge on any atom is 0.292 e. The molecule has 0 unspecified atom stereocenters. The van der Waals surface area contributed by atoms with Crippen molar-refractivity contribution in [2.45, 2.75) is 26.3 Å². The number of likely N-dealkylation sites (N-methyl/N-ethyl adjacent to an activating group) is 1. The summed E-state index contributed by atoms with van der Waals surface area (Å²) in [5, 5.41) is 20.3. The monoisotopic (exact) mass is 238 g/mol. The van der Waals surface area contributed by atoms with Crippen molar-refractivity contribution in [2.75, 3.05) is 18.6 Å². The molecule has 0 spiro atoms. The third-order valence-electron chi connectivity index (χ3n) is 2.98. The Morgan fingerprint density at radius 1 is 1.47 bits per heavy atom. The second-order valence-corrected chi connectivity index (χ2v) is 4.78. The fourth-order valence-corrected chi connectivity index (χ4v) is 1.50. The highest BCUT2D eigenvalue weighted by molar-refractivity contribution is 5.65. The fraction of sp³-hybridized carbons (Fsp3) is 0.500. The molecule has 1 rings (SSSR count). The summed E-state index contributed by atoms with van der Waals surface area (Å²) in [4.78, 5) is 12.3. The quantitative estimate of drug-likeness (QED) is 0.644. The largest absolute Gasteiger partial charge is 0.394 e. The van der Waals surface area contributed by atoms with Crippen LogP contribution in [0.1, 0.15) is 19.4 Å². The highest BCUT2D eigenvalue weighted by Gasteiger charge is 2.27. The van der Waals surface area contributed by atoms with Crippen molar-refractivity contribution >= 4 is 11.4 Å². The molecule has 0 fully saturated rings. The number of nitro groups is 1. The van der Waals surface area contributed by atoms with E-state index in [0.717, 1.165) is 5.56 Å². The molecule has 94 valence electrons. The molecule has 0 heterocycles. The van der Waals surface area contributed by atoms with E-state index in [-0.39, 0.29) is 12.3 Å². The number of aryl methyl sites for hydroxylation is 1. The molecule has 0 aromatic heterocycles. The van der Waals surface area contributed by atoms with Gasteiger partial charge in [-0.1, -0.05) is 6.07 Å². The highest BCUT2D eigenvalue weighted by atomic mass is 16.6. The summed E-state index contributed by atoms with van der Waals surface area (Å²) in [5.41, 5.74) is 0.879. The summed E-state index contributed by atoms with van der Waals surface area (Å²) in [7, 11) is 1.74. The molecule has 0 saturated heterocycles. The lowest BCUT2D eigenvalue weighted by atomic mass is 10.0. The number of hydrogen-bond donors (Lipinski definition) is 1. The molecular formula is C12H18N2O3. The van der Waals surface area contributed by atoms with Crippen LogP contribution in [-0.4, -0.2) is 29.2 Å². The molecule has 5 heteroatoms. The molecule has 0 atom stereocenters. The van der Waals surface area contributed by atoms with E-state index in [4.69, 9.17) is 0 Å². The Kier molecular flexibility index (Phi) is 3.72.